The van der Waals surface area contributed by atoms with Gasteiger partial charge in [0, 0.05) is 38.9 Å². The van der Waals surface area contributed by atoms with Crippen molar-refractivity contribution in [2.75, 3.05) is 37.6 Å². The van der Waals surface area contributed by atoms with Crippen molar-refractivity contribution in [1.82, 2.24) is 14.7 Å². The summed E-state index contributed by atoms with van der Waals surface area (Å²) < 4.78 is 15.7. The molecule has 0 saturated carbocycles. The second-order valence-corrected chi connectivity index (χ2v) is 6.35. The van der Waals surface area contributed by atoms with E-state index in [-0.39, 0.29) is 5.82 Å². The number of aryl methyl sites for hydroxylation is 1. The number of hydrogen-bond donors (Lipinski definition) is 0. The van der Waals surface area contributed by atoms with Gasteiger partial charge in [0.15, 0.2) is 0 Å². The number of unbranched alkanes of at least 4 members (excludes halogenated alkanes) is 1. The number of hydrogen-bond acceptors (Lipinski definition) is 3. The fraction of sp³-hybridized carbons (Fsp3) is 0.471. The lowest BCUT2D eigenvalue weighted by molar-refractivity contribution is 0.250. The van der Waals surface area contributed by atoms with Crippen molar-refractivity contribution in [1.29, 1.82) is 0 Å². The van der Waals surface area contributed by atoms with E-state index in [0.717, 1.165) is 57.8 Å². The van der Waals surface area contributed by atoms with Gasteiger partial charge in [0.2, 0.25) is 0 Å². The number of anilines is 1. The number of nitrogens with zero attached hydrogens (tertiary/aromatic N) is 4. The Kier molecular flexibility index (Phi) is 5.51. The van der Waals surface area contributed by atoms with Gasteiger partial charge in [-0.05, 0) is 31.5 Å². The number of benzene rings is 1. The summed E-state index contributed by atoms with van der Waals surface area (Å²) in [7, 11) is 0. The first-order chi connectivity index (χ1) is 11.2. The Morgan fingerprint density at radius 3 is 2.48 bits per heavy atom. The normalized spacial score (nSPS) is 16.0. The van der Waals surface area contributed by atoms with Crippen LogP contribution >= 0.6 is 11.6 Å². The molecule has 0 N–H and O–H groups in total. The van der Waals surface area contributed by atoms with Gasteiger partial charge in [0.1, 0.15) is 5.82 Å². The standard InChI is InChI=1S/C17H22ClFN4/c18-15-13-20-23(14-15)8-4-3-7-21-9-11-22(12-10-21)17-6-2-1-5-16(17)19/h1-2,5-6,13-14H,3-4,7-12H2. The molecule has 0 aliphatic carbocycles. The van der Waals surface area contributed by atoms with Crippen molar-refractivity contribution in [3.05, 3.63) is 47.5 Å². The van der Waals surface area contributed by atoms with Gasteiger partial charge >= 0.3 is 0 Å². The smallest absolute Gasteiger partial charge is 0.146 e. The van der Waals surface area contributed by atoms with Crippen LogP contribution in [0.15, 0.2) is 36.7 Å². The lowest BCUT2D eigenvalue weighted by Gasteiger charge is -2.36. The predicted octanol–water partition coefficient (Wildman–Crippen LogP) is 3.28. The van der Waals surface area contributed by atoms with Crippen LogP contribution in [0.3, 0.4) is 0 Å². The molecule has 0 spiro atoms. The van der Waals surface area contributed by atoms with Crippen LogP contribution in [0.2, 0.25) is 5.02 Å². The molecule has 1 aromatic carbocycles. The zero-order valence-corrected chi connectivity index (χ0v) is 13.9. The van der Waals surface area contributed by atoms with E-state index in [1.165, 1.54) is 6.07 Å². The molecule has 124 valence electrons. The summed E-state index contributed by atoms with van der Waals surface area (Å²) in [5.41, 5.74) is 0.725. The Hall–Kier alpha value is -1.59. The first-order valence-electron chi connectivity index (χ1n) is 8.12. The van der Waals surface area contributed by atoms with Crippen molar-refractivity contribution in [3.8, 4) is 0 Å². The second kappa shape index (κ2) is 7.79. The molecule has 3 rings (SSSR count). The number of para-hydroxylation sites is 1. The molecule has 1 saturated heterocycles. The first kappa shape index (κ1) is 16.3. The summed E-state index contributed by atoms with van der Waals surface area (Å²) >= 11 is 5.85. The average Bonchev–Trinajstić information content (AvgIpc) is 2.98. The monoisotopic (exact) mass is 336 g/mol. The van der Waals surface area contributed by atoms with Crippen LogP contribution in [0.25, 0.3) is 0 Å². The Balaban J connectivity index is 1.37. The minimum atomic E-state index is -0.126. The molecular formula is C17H22ClFN4. The van der Waals surface area contributed by atoms with Crippen LogP contribution in [-0.4, -0.2) is 47.4 Å². The highest BCUT2D eigenvalue weighted by atomic mass is 35.5. The maximum atomic E-state index is 13.8. The summed E-state index contributed by atoms with van der Waals surface area (Å²) in [6.07, 6.45) is 5.75. The average molecular weight is 337 g/mol. The minimum absolute atomic E-state index is 0.126. The van der Waals surface area contributed by atoms with Gasteiger partial charge < -0.3 is 4.90 Å². The van der Waals surface area contributed by atoms with Gasteiger partial charge in [-0.15, -0.1) is 0 Å². The molecule has 0 unspecified atom stereocenters. The fourth-order valence-corrected chi connectivity index (χ4v) is 3.15. The SMILES string of the molecule is Fc1ccccc1N1CCN(CCCCn2cc(Cl)cn2)CC1. The van der Waals surface area contributed by atoms with Gasteiger partial charge in [-0.2, -0.15) is 5.10 Å². The summed E-state index contributed by atoms with van der Waals surface area (Å²) in [5, 5.41) is 4.87. The molecule has 4 nitrogen and oxygen atoms in total. The number of aromatic nitrogens is 2. The molecule has 1 aliphatic rings. The van der Waals surface area contributed by atoms with Crippen molar-refractivity contribution >= 4 is 17.3 Å². The van der Waals surface area contributed by atoms with Gasteiger partial charge in [-0.1, -0.05) is 23.7 Å². The Labute approximate surface area is 141 Å². The molecule has 6 heteroatoms. The van der Waals surface area contributed by atoms with Crippen LogP contribution in [0.1, 0.15) is 12.8 Å². The second-order valence-electron chi connectivity index (χ2n) is 5.91. The molecular weight excluding hydrogens is 315 g/mol. The van der Waals surface area contributed by atoms with E-state index in [4.69, 9.17) is 11.6 Å². The van der Waals surface area contributed by atoms with Crippen molar-refractivity contribution < 1.29 is 4.39 Å². The first-order valence-corrected chi connectivity index (χ1v) is 8.50. The van der Waals surface area contributed by atoms with Crippen LogP contribution in [0.5, 0.6) is 0 Å². The van der Waals surface area contributed by atoms with Crippen LogP contribution in [-0.2, 0) is 6.54 Å². The molecule has 0 atom stereocenters. The third-order valence-corrected chi connectivity index (χ3v) is 4.47. The minimum Gasteiger partial charge on any atom is -0.367 e. The van der Waals surface area contributed by atoms with E-state index >= 15 is 0 Å². The number of halogens is 2. The zero-order valence-electron chi connectivity index (χ0n) is 13.2. The molecule has 1 aliphatic heterocycles. The fourth-order valence-electron chi connectivity index (χ4n) is 2.99. The van der Waals surface area contributed by atoms with Gasteiger partial charge in [0.25, 0.3) is 0 Å². The topological polar surface area (TPSA) is 24.3 Å². The predicted molar refractivity (Wildman–Crippen MR) is 91.5 cm³/mol. The molecule has 0 radical (unpaired) electrons. The molecule has 1 aromatic heterocycles. The van der Waals surface area contributed by atoms with E-state index in [1.54, 1.807) is 12.3 Å². The highest BCUT2D eigenvalue weighted by molar-refractivity contribution is 6.30. The molecule has 0 amide bonds. The molecule has 2 heterocycles. The summed E-state index contributed by atoms with van der Waals surface area (Å²) in [4.78, 5) is 4.59. The molecule has 0 bridgehead atoms. The van der Waals surface area contributed by atoms with Crippen LogP contribution in [0, 0.1) is 5.82 Å². The van der Waals surface area contributed by atoms with Crippen molar-refractivity contribution in [3.63, 3.8) is 0 Å². The molecule has 1 fully saturated rings. The lowest BCUT2D eigenvalue weighted by Crippen LogP contribution is -2.46. The maximum Gasteiger partial charge on any atom is 0.146 e. The van der Waals surface area contributed by atoms with E-state index < -0.39 is 0 Å². The van der Waals surface area contributed by atoms with E-state index in [9.17, 15) is 4.39 Å². The third kappa shape index (κ3) is 4.45. The van der Waals surface area contributed by atoms with E-state index in [1.807, 2.05) is 23.0 Å². The Bertz CT molecular complexity index is 623. The number of piperazine rings is 1. The molecule has 23 heavy (non-hydrogen) atoms. The Morgan fingerprint density at radius 1 is 1.04 bits per heavy atom. The van der Waals surface area contributed by atoms with Gasteiger partial charge in [0.05, 0.1) is 16.9 Å². The quantitative estimate of drug-likeness (QED) is 0.757. The van der Waals surface area contributed by atoms with Gasteiger partial charge in [-0.25, -0.2) is 4.39 Å². The van der Waals surface area contributed by atoms with E-state index in [2.05, 4.69) is 14.9 Å². The highest BCUT2D eigenvalue weighted by Crippen LogP contribution is 2.20. The lowest BCUT2D eigenvalue weighted by atomic mass is 10.2. The van der Waals surface area contributed by atoms with Gasteiger partial charge in [-0.3, -0.25) is 9.58 Å². The molecule has 2 aromatic rings. The van der Waals surface area contributed by atoms with Crippen molar-refractivity contribution in [2.24, 2.45) is 0 Å². The van der Waals surface area contributed by atoms with Crippen molar-refractivity contribution in [2.45, 2.75) is 19.4 Å². The summed E-state index contributed by atoms with van der Waals surface area (Å²) in [6, 6.07) is 7.03. The van der Waals surface area contributed by atoms with Crippen LogP contribution < -0.4 is 4.90 Å². The zero-order chi connectivity index (χ0) is 16.1. The largest absolute Gasteiger partial charge is 0.367 e. The highest BCUT2D eigenvalue weighted by Gasteiger charge is 2.18. The maximum absolute atomic E-state index is 13.8. The third-order valence-electron chi connectivity index (χ3n) is 4.28. The summed E-state index contributed by atoms with van der Waals surface area (Å²) in [6.45, 7) is 5.73. The number of rotatable bonds is 6. The summed E-state index contributed by atoms with van der Waals surface area (Å²) in [5.74, 6) is -0.126. The van der Waals surface area contributed by atoms with Crippen LogP contribution in [0.4, 0.5) is 10.1 Å². The Morgan fingerprint density at radius 2 is 1.78 bits per heavy atom. The van der Waals surface area contributed by atoms with E-state index in [0.29, 0.717) is 5.02 Å².